The molecule has 0 fully saturated rings. The molecule has 4 aromatic rings. The molecule has 0 saturated heterocycles. The van der Waals surface area contributed by atoms with E-state index in [4.69, 9.17) is 26.4 Å². The number of para-hydroxylation sites is 1. The third kappa shape index (κ3) is 4.65. The predicted molar refractivity (Wildman–Crippen MR) is 122 cm³/mol. The first-order valence-corrected chi connectivity index (χ1v) is 9.86. The van der Waals surface area contributed by atoms with Gasteiger partial charge in [-0.1, -0.05) is 30.3 Å². The Morgan fingerprint density at radius 2 is 1.68 bits per heavy atom. The summed E-state index contributed by atoms with van der Waals surface area (Å²) in [7, 11) is 3.18. The number of hydrogen-bond acceptors (Lipinski definition) is 6. The van der Waals surface area contributed by atoms with Crippen LogP contribution in [0.1, 0.15) is 5.56 Å². The van der Waals surface area contributed by atoms with E-state index in [0.29, 0.717) is 27.8 Å². The smallest absolute Gasteiger partial charge is 0.216 e. The minimum Gasteiger partial charge on any atom is -0.493 e. The van der Waals surface area contributed by atoms with Crippen molar-refractivity contribution in [3.8, 4) is 34.4 Å². The van der Waals surface area contributed by atoms with E-state index in [0.717, 1.165) is 16.9 Å². The molecular formula is C23H20N4O3S. The van der Waals surface area contributed by atoms with Crippen molar-refractivity contribution < 1.29 is 14.2 Å². The SMILES string of the molecule is COc1ccc(-c2n[nH]c(=S)n2/N=C\c2cccc(Oc3ccccc3)c2)cc1OC. The van der Waals surface area contributed by atoms with E-state index in [2.05, 4.69) is 15.3 Å². The van der Waals surface area contributed by atoms with Gasteiger partial charge in [0.1, 0.15) is 11.5 Å². The molecule has 4 rings (SSSR count). The summed E-state index contributed by atoms with van der Waals surface area (Å²) in [6, 6.07) is 22.7. The lowest BCUT2D eigenvalue weighted by Crippen LogP contribution is -1.97. The first kappa shape index (κ1) is 20.4. The summed E-state index contributed by atoms with van der Waals surface area (Å²) in [5.74, 6) is 3.26. The summed E-state index contributed by atoms with van der Waals surface area (Å²) in [6.07, 6.45) is 1.70. The molecule has 0 saturated carbocycles. The summed E-state index contributed by atoms with van der Waals surface area (Å²) >= 11 is 5.36. The maximum Gasteiger partial charge on any atom is 0.216 e. The Morgan fingerprint density at radius 3 is 2.45 bits per heavy atom. The topological polar surface area (TPSA) is 73.7 Å². The lowest BCUT2D eigenvalue weighted by atomic mass is 10.2. The molecule has 0 bridgehead atoms. The lowest BCUT2D eigenvalue weighted by molar-refractivity contribution is 0.355. The van der Waals surface area contributed by atoms with Gasteiger partial charge >= 0.3 is 0 Å². The number of benzene rings is 3. The maximum absolute atomic E-state index is 5.89. The van der Waals surface area contributed by atoms with Crippen molar-refractivity contribution in [3.05, 3.63) is 83.1 Å². The van der Waals surface area contributed by atoms with Crippen LogP contribution in [0.3, 0.4) is 0 Å². The Morgan fingerprint density at radius 1 is 0.903 bits per heavy atom. The van der Waals surface area contributed by atoms with Gasteiger partial charge in [-0.25, -0.2) is 5.10 Å². The molecule has 7 nitrogen and oxygen atoms in total. The van der Waals surface area contributed by atoms with Crippen LogP contribution in [0, 0.1) is 4.77 Å². The van der Waals surface area contributed by atoms with Gasteiger partial charge in [0.2, 0.25) is 4.77 Å². The number of nitrogens with zero attached hydrogens (tertiary/aromatic N) is 3. The molecule has 1 aromatic heterocycles. The van der Waals surface area contributed by atoms with Crippen molar-refractivity contribution in [1.29, 1.82) is 0 Å². The van der Waals surface area contributed by atoms with Gasteiger partial charge in [0.25, 0.3) is 0 Å². The van der Waals surface area contributed by atoms with Gasteiger partial charge in [-0.2, -0.15) is 14.9 Å². The minimum atomic E-state index is 0.373. The quantitative estimate of drug-likeness (QED) is 0.317. The van der Waals surface area contributed by atoms with Crippen LogP contribution >= 0.6 is 12.2 Å². The highest BCUT2D eigenvalue weighted by Gasteiger charge is 2.12. The Hall–Kier alpha value is -3.91. The Labute approximate surface area is 184 Å². The zero-order valence-corrected chi connectivity index (χ0v) is 17.8. The third-order valence-corrected chi connectivity index (χ3v) is 4.72. The summed E-state index contributed by atoms with van der Waals surface area (Å²) in [5.41, 5.74) is 1.64. The highest BCUT2D eigenvalue weighted by molar-refractivity contribution is 7.71. The molecule has 0 unspecified atom stereocenters. The van der Waals surface area contributed by atoms with E-state index >= 15 is 0 Å². The number of nitrogens with one attached hydrogen (secondary N) is 1. The van der Waals surface area contributed by atoms with Crippen LogP contribution in [0.15, 0.2) is 77.9 Å². The molecule has 0 radical (unpaired) electrons. The van der Waals surface area contributed by atoms with Gasteiger partial charge in [0, 0.05) is 5.56 Å². The van der Waals surface area contributed by atoms with Crippen molar-refractivity contribution in [2.45, 2.75) is 0 Å². The zero-order chi connectivity index (χ0) is 21.6. The van der Waals surface area contributed by atoms with E-state index in [1.165, 1.54) is 0 Å². The van der Waals surface area contributed by atoms with Gasteiger partial charge in [-0.15, -0.1) is 0 Å². The second kappa shape index (κ2) is 9.27. The fraction of sp³-hybridized carbons (Fsp3) is 0.0870. The summed E-state index contributed by atoms with van der Waals surface area (Å²) in [6.45, 7) is 0. The molecule has 3 aromatic carbocycles. The van der Waals surface area contributed by atoms with E-state index in [1.807, 2.05) is 72.8 Å². The van der Waals surface area contributed by atoms with Crippen LogP contribution in [-0.4, -0.2) is 35.3 Å². The van der Waals surface area contributed by atoms with Crippen molar-refractivity contribution in [3.63, 3.8) is 0 Å². The number of aromatic amines is 1. The summed E-state index contributed by atoms with van der Waals surface area (Å²) in [4.78, 5) is 0. The van der Waals surface area contributed by atoms with Crippen LogP contribution < -0.4 is 14.2 Å². The van der Waals surface area contributed by atoms with Gasteiger partial charge in [0.15, 0.2) is 17.3 Å². The summed E-state index contributed by atoms with van der Waals surface area (Å²) in [5, 5.41) is 11.6. The Balaban J connectivity index is 1.62. The normalized spacial score (nSPS) is 10.9. The Kier molecular flexibility index (Phi) is 6.09. The number of aromatic nitrogens is 3. The molecule has 156 valence electrons. The lowest BCUT2D eigenvalue weighted by Gasteiger charge is -2.09. The van der Waals surface area contributed by atoms with Crippen molar-refractivity contribution in [1.82, 2.24) is 14.9 Å². The molecule has 0 aliphatic carbocycles. The van der Waals surface area contributed by atoms with Crippen LogP contribution in [0.4, 0.5) is 0 Å². The molecular weight excluding hydrogens is 412 g/mol. The van der Waals surface area contributed by atoms with E-state index < -0.39 is 0 Å². The average molecular weight is 433 g/mol. The van der Waals surface area contributed by atoms with Crippen molar-refractivity contribution in [2.75, 3.05) is 14.2 Å². The largest absolute Gasteiger partial charge is 0.493 e. The summed E-state index contributed by atoms with van der Waals surface area (Å²) < 4.78 is 18.5. The number of ether oxygens (including phenoxy) is 3. The molecule has 0 atom stereocenters. The molecule has 0 aliphatic heterocycles. The minimum absolute atomic E-state index is 0.373. The third-order valence-electron chi connectivity index (χ3n) is 4.45. The standard InChI is InChI=1S/C23H20N4O3S/c1-28-20-12-11-17(14-21(20)29-2)22-25-26-23(31)27(22)24-15-16-7-6-10-19(13-16)30-18-8-4-3-5-9-18/h3-15H,1-2H3,(H,26,31)/b24-15-. The second-order valence-corrected chi connectivity index (χ2v) is 6.85. The van der Waals surface area contributed by atoms with E-state index in [9.17, 15) is 0 Å². The molecule has 8 heteroatoms. The number of rotatable bonds is 7. The number of hydrogen-bond donors (Lipinski definition) is 1. The van der Waals surface area contributed by atoms with Crippen LogP contribution in [0.25, 0.3) is 11.4 Å². The maximum atomic E-state index is 5.89. The second-order valence-electron chi connectivity index (χ2n) is 6.47. The average Bonchev–Trinajstić information content (AvgIpc) is 3.18. The molecule has 1 heterocycles. The number of H-pyrrole nitrogens is 1. The number of methoxy groups -OCH3 is 2. The van der Waals surface area contributed by atoms with Gasteiger partial charge in [-0.3, -0.25) is 0 Å². The monoisotopic (exact) mass is 432 g/mol. The zero-order valence-electron chi connectivity index (χ0n) is 17.0. The first-order chi connectivity index (χ1) is 15.2. The molecule has 1 N–H and O–H groups in total. The highest BCUT2D eigenvalue weighted by Crippen LogP contribution is 2.31. The fourth-order valence-corrected chi connectivity index (χ4v) is 3.15. The van der Waals surface area contributed by atoms with E-state index in [1.54, 1.807) is 25.1 Å². The van der Waals surface area contributed by atoms with Crippen LogP contribution in [0.2, 0.25) is 0 Å². The Bertz CT molecular complexity index is 1270. The highest BCUT2D eigenvalue weighted by atomic mass is 32.1. The van der Waals surface area contributed by atoms with Crippen LogP contribution in [-0.2, 0) is 0 Å². The fourth-order valence-electron chi connectivity index (χ4n) is 2.97. The van der Waals surface area contributed by atoms with E-state index in [-0.39, 0.29) is 0 Å². The van der Waals surface area contributed by atoms with Crippen molar-refractivity contribution in [2.24, 2.45) is 5.10 Å². The van der Waals surface area contributed by atoms with Crippen LogP contribution in [0.5, 0.6) is 23.0 Å². The van der Waals surface area contributed by atoms with Gasteiger partial charge in [-0.05, 0) is 60.2 Å². The predicted octanol–water partition coefficient (Wildman–Crippen LogP) is 5.30. The molecule has 0 amide bonds. The molecule has 31 heavy (non-hydrogen) atoms. The van der Waals surface area contributed by atoms with Gasteiger partial charge in [0.05, 0.1) is 20.4 Å². The molecule has 0 spiro atoms. The van der Waals surface area contributed by atoms with Gasteiger partial charge < -0.3 is 14.2 Å². The molecule has 0 aliphatic rings. The van der Waals surface area contributed by atoms with Crippen molar-refractivity contribution >= 4 is 18.4 Å². The first-order valence-electron chi connectivity index (χ1n) is 9.45.